The van der Waals surface area contributed by atoms with E-state index in [2.05, 4.69) is 36.2 Å². The van der Waals surface area contributed by atoms with Gasteiger partial charge in [-0.2, -0.15) is 0 Å². The molecular formula is C9H9N. The number of H-pyrrole nitrogens is 1. The van der Waals surface area contributed by atoms with Crippen LogP contribution in [0.3, 0.4) is 0 Å². The van der Waals surface area contributed by atoms with Gasteiger partial charge in [0, 0.05) is 17.3 Å². The summed E-state index contributed by atoms with van der Waals surface area (Å²) in [6.07, 6.45) is 2.03. The first-order valence-corrected chi connectivity index (χ1v) is 3.40. The molecule has 0 amide bonds. The number of aromatic amines is 1. The Morgan fingerprint density at radius 3 is 2.80 bits per heavy atom. The van der Waals surface area contributed by atoms with Crippen LogP contribution in [0, 0.1) is 6.92 Å². The average molecular weight is 131 g/mol. The van der Waals surface area contributed by atoms with Gasteiger partial charge in [0.2, 0.25) is 0 Å². The van der Waals surface area contributed by atoms with Crippen LogP contribution in [0.25, 0.3) is 10.8 Å². The number of fused-ring (bicyclic) bond motifs is 1. The van der Waals surface area contributed by atoms with Crippen molar-refractivity contribution in [1.29, 1.82) is 0 Å². The van der Waals surface area contributed by atoms with Crippen molar-refractivity contribution in [1.82, 2.24) is 4.98 Å². The Morgan fingerprint density at radius 2 is 2.00 bits per heavy atom. The third kappa shape index (κ3) is 0.637. The Morgan fingerprint density at radius 1 is 1.20 bits per heavy atom. The molecule has 0 bridgehead atoms. The molecule has 0 radical (unpaired) electrons. The first kappa shape index (κ1) is 5.54. The molecule has 2 aromatic rings. The van der Waals surface area contributed by atoms with Gasteiger partial charge in [-0.05, 0) is 12.3 Å². The summed E-state index contributed by atoms with van der Waals surface area (Å²) in [5, 5.41) is 2.61. The van der Waals surface area contributed by atoms with Crippen molar-refractivity contribution in [3.05, 3.63) is 36.2 Å². The zero-order chi connectivity index (χ0) is 6.97. The average Bonchev–Trinajstić information content (AvgIpc) is 2.34. The van der Waals surface area contributed by atoms with E-state index in [-0.39, 0.29) is 0 Å². The van der Waals surface area contributed by atoms with Crippen LogP contribution < -0.4 is 0 Å². The molecule has 2 rings (SSSR count). The van der Waals surface area contributed by atoms with Gasteiger partial charge < -0.3 is 4.98 Å². The lowest BCUT2D eigenvalue weighted by atomic mass is 10.2. The predicted molar refractivity (Wildman–Crippen MR) is 43.0 cm³/mol. The second-order valence-corrected chi connectivity index (χ2v) is 2.50. The van der Waals surface area contributed by atoms with Crippen LogP contribution >= 0.6 is 0 Å². The van der Waals surface area contributed by atoms with Crippen molar-refractivity contribution in [2.24, 2.45) is 0 Å². The Balaban J connectivity index is 2.93. The van der Waals surface area contributed by atoms with Gasteiger partial charge in [0.05, 0.1) is 0 Å². The van der Waals surface area contributed by atoms with E-state index in [1.165, 1.54) is 16.5 Å². The van der Waals surface area contributed by atoms with E-state index in [1.807, 2.05) is 6.20 Å². The molecule has 0 fully saturated rings. The van der Waals surface area contributed by atoms with Crippen molar-refractivity contribution in [3.8, 4) is 0 Å². The fourth-order valence-electron chi connectivity index (χ4n) is 1.23. The van der Waals surface area contributed by atoms with E-state index in [9.17, 15) is 0 Å². The van der Waals surface area contributed by atoms with Crippen LogP contribution in [0.5, 0.6) is 0 Å². The van der Waals surface area contributed by atoms with Gasteiger partial charge in [-0.3, -0.25) is 0 Å². The number of aryl methyl sites for hydroxylation is 1. The minimum Gasteiger partial charge on any atom is -0.364 e. The van der Waals surface area contributed by atoms with Crippen molar-refractivity contribution < 1.29 is 0 Å². The molecule has 50 valence electrons. The molecule has 0 aliphatic carbocycles. The summed E-state index contributed by atoms with van der Waals surface area (Å²) in [6.45, 7) is 2.09. The van der Waals surface area contributed by atoms with Crippen molar-refractivity contribution >= 4 is 10.8 Å². The van der Waals surface area contributed by atoms with Crippen LogP contribution in [0.2, 0.25) is 0 Å². The third-order valence-electron chi connectivity index (χ3n) is 1.81. The van der Waals surface area contributed by atoms with E-state index >= 15 is 0 Å². The predicted octanol–water partition coefficient (Wildman–Crippen LogP) is 2.48. The molecule has 0 atom stereocenters. The summed E-state index contributed by atoms with van der Waals surface area (Å²) >= 11 is 0. The summed E-state index contributed by atoms with van der Waals surface area (Å²) in [6, 6.07) is 8.35. The molecule has 1 N–H and O–H groups in total. The maximum Gasteiger partial charge on any atom is 0.0195 e. The van der Waals surface area contributed by atoms with Gasteiger partial charge in [-0.15, -0.1) is 0 Å². The second-order valence-electron chi connectivity index (χ2n) is 2.50. The second kappa shape index (κ2) is 1.87. The molecule has 1 aromatic heterocycles. The number of rotatable bonds is 0. The van der Waals surface area contributed by atoms with Crippen LogP contribution in [0.15, 0.2) is 30.5 Å². The maximum absolute atomic E-state index is 3.18. The Hall–Kier alpha value is -1.24. The first-order valence-electron chi connectivity index (χ1n) is 3.40. The highest BCUT2D eigenvalue weighted by Gasteiger charge is 1.94. The number of aromatic nitrogens is 1. The third-order valence-corrected chi connectivity index (χ3v) is 1.81. The topological polar surface area (TPSA) is 15.8 Å². The number of benzene rings is 1. The molecule has 1 heteroatoms. The number of hydrogen-bond donors (Lipinski definition) is 1. The minimum absolute atomic E-state index is 1.25. The lowest BCUT2D eigenvalue weighted by Gasteiger charge is -1.86. The van der Waals surface area contributed by atoms with E-state index in [0.29, 0.717) is 0 Å². The molecule has 1 nitrogen and oxygen atoms in total. The van der Waals surface area contributed by atoms with Gasteiger partial charge in [-0.1, -0.05) is 24.3 Å². The maximum atomic E-state index is 3.18. The molecule has 0 saturated carbocycles. The van der Waals surface area contributed by atoms with Crippen LogP contribution in [0.1, 0.15) is 5.69 Å². The first-order chi connectivity index (χ1) is 4.88. The Kier molecular flexibility index (Phi) is 1.04. The summed E-state index contributed by atoms with van der Waals surface area (Å²) < 4.78 is 0. The van der Waals surface area contributed by atoms with Crippen LogP contribution in [-0.2, 0) is 0 Å². The zero-order valence-corrected chi connectivity index (χ0v) is 5.89. The normalized spacial score (nSPS) is 10.5. The smallest absolute Gasteiger partial charge is 0.0195 e. The fourth-order valence-corrected chi connectivity index (χ4v) is 1.23. The van der Waals surface area contributed by atoms with E-state index in [0.717, 1.165) is 0 Å². The monoisotopic (exact) mass is 131 g/mol. The fraction of sp³-hybridized carbons (Fsp3) is 0.111. The van der Waals surface area contributed by atoms with Gasteiger partial charge in [0.1, 0.15) is 0 Å². The summed E-state index contributed by atoms with van der Waals surface area (Å²) in [7, 11) is 0. The standard InChI is InChI=1S/C9H9N/c1-7-9-5-3-2-4-8(9)6-10-7/h2-6,10H,1H3. The van der Waals surface area contributed by atoms with E-state index < -0.39 is 0 Å². The molecule has 0 aliphatic heterocycles. The quantitative estimate of drug-likeness (QED) is 0.565. The molecule has 0 saturated heterocycles. The van der Waals surface area contributed by atoms with Gasteiger partial charge in [-0.25, -0.2) is 0 Å². The lowest BCUT2D eigenvalue weighted by molar-refractivity contribution is 1.28. The number of hydrogen-bond acceptors (Lipinski definition) is 0. The Labute approximate surface area is 59.7 Å². The van der Waals surface area contributed by atoms with E-state index in [1.54, 1.807) is 0 Å². The molecule has 10 heavy (non-hydrogen) atoms. The van der Waals surface area contributed by atoms with Crippen molar-refractivity contribution in [3.63, 3.8) is 0 Å². The summed E-state index contributed by atoms with van der Waals surface area (Å²) in [5.41, 5.74) is 1.25. The highest BCUT2D eigenvalue weighted by molar-refractivity contribution is 5.84. The summed E-state index contributed by atoms with van der Waals surface area (Å²) in [4.78, 5) is 3.18. The largest absolute Gasteiger partial charge is 0.364 e. The Bertz CT molecular complexity index is 346. The molecule has 0 spiro atoms. The molecule has 1 aromatic carbocycles. The summed E-state index contributed by atoms with van der Waals surface area (Å²) in [5.74, 6) is 0. The molecule has 1 heterocycles. The molecular weight excluding hydrogens is 122 g/mol. The van der Waals surface area contributed by atoms with Gasteiger partial charge in [0.15, 0.2) is 0 Å². The zero-order valence-electron chi connectivity index (χ0n) is 5.89. The minimum atomic E-state index is 1.25. The van der Waals surface area contributed by atoms with Gasteiger partial charge >= 0.3 is 0 Å². The molecule has 0 unspecified atom stereocenters. The molecule has 0 aliphatic rings. The SMILES string of the molecule is Cc1[nH]cc2ccccc12. The van der Waals surface area contributed by atoms with Crippen molar-refractivity contribution in [2.45, 2.75) is 6.92 Å². The highest BCUT2D eigenvalue weighted by Crippen LogP contribution is 2.15. The highest BCUT2D eigenvalue weighted by atomic mass is 14.7. The van der Waals surface area contributed by atoms with Crippen LogP contribution in [0.4, 0.5) is 0 Å². The van der Waals surface area contributed by atoms with Crippen LogP contribution in [-0.4, -0.2) is 4.98 Å². The number of nitrogens with one attached hydrogen (secondary N) is 1. The van der Waals surface area contributed by atoms with Crippen molar-refractivity contribution in [2.75, 3.05) is 0 Å². The van der Waals surface area contributed by atoms with Gasteiger partial charge in [0.25, 0.3) is 0 Å². The lowest BCUT2D eigenvalue weighted by Crippen LogP contribution is -1.66. The van der Waals surface area contributed by atoms with E-state index in [4.69, 9.17) is 0 Å².